The summed E-state index contributed by atoms with van der Waals surface area (Å²) in [6.07, 6.45) is 3.74. The van der Waals surface area contributed by atoms with Gasteiger partial charge in [-0.15, -0.1) is 0 Å². The van der Waals surface area contributed by atoms with E-state index in [4.69, 9.17) is 9.47 Å². The maximum atomic E-state index is 12.2. The molecule has 2 saturated carbocycles. The molecule has 0 aromatic heterocycles. The summed E-state index contributed by atoms with van der Waals surface area (Å²) in [6, 6.07) is 0. The molecule has 102 valence electrons. The van der Waals surface area contributed by atoms with Gasteiger partial charge in [0.1, 0.15) is 0 Å². The van der Waals surface area contributed by atoms with Crippen LogP contribution < -0.4 is 0 Å². The van der Waals surface area contributed by atoms with Crippen LogP contribution in [-0.2, 0) is 19.1 Å². The van der Waals surface area contributed by atoms with Gasteiger partial charge in [-0.2, -0.15) is 0 Å². The molecule has 0 unspecified atom stereocenters. The summed E-state index contributed by atoms with van der Waals surface area (Å²) < 4.78 is 10.8. The third kappa shape index (κ3) is 1.85. The number of alkyl halides is 1. The highest BCUT2D eigenvalue weighted by atomic mass is 127. The average molecular weight is 366 g/mol. The van der Waals surface area contributed by atoms with Crippen LogP contribution in [0.5, 0.6) is 0 Å². The van der Waals surface area contributed by atoms with Crippen molar-refractivity contribution in [1.29, 1.82) is 0 Å². The zero-order chi connectivity index (χ0) is 13.3. The molecule has 0 heterocycles. The Morgan fingerprint density at radius 3 is 2.33 bits per heavy atom. The molecular formula is C13H19IO4. The van der Waals surface area contributed by atoms with Gasteiger partial charge in [0, 0.05) is 4.43 Å². The summed E-state index contributed by atoms with van der Waals surface area (Å²) >= 11 is 2.35. The van der Waals surface area contributed by atoms with Crippen LogP contribution in [0, 0.1) is 23.2 Å². The van der Waals surface area contributed by atoms with Gasteiger partial charge >= 0.3 is 11.9 Å². The van der Waals surface area contributed by atoms with E-state index in [0.717, 1.165) is 23.7 Å². The third-order valence-corrected chi connectivity index (χ3v) is 5.82. The van der Waals surface area contributed by atoms with Crippen LogP contribution in [0.2, 0.25) is 0 Å². The summed E-state index contributed by atoms with van der Waals surface area (Å²) in [5.74, 6) is 0.200. The van der Waals surface area contributed by atoms with Gasteiger partial charge in [-0.3, -0.25) is 9.59 Å². The molecule has 2 rings (SSSR count). The summed E-state index contributed by atoms with van der Waals surface area (Å²) in [5.41, 5.74) is -1.04. The van der Waals surface area contributed by atoms with Crippen molar-refractivity contribution >= 4 is 34.5 Å². The van der Waals surface area contributed by atoms with E-state index in [-0.39, 0.29) is 5.92 Å². The zero-order valence-corrected chi connectivity index (χ0v) is 12.9. The highest BCUT2D eigenvalue weighted by molar-refractivity contribution is 14.1. The lowest BCUT2D eigenvalue weighted by atomic mass is 9.76. The van der Waals surface area contributed by atoms with Crippen molar-refractivity contribution in [3.63, 3.8) is 0 Å². The molecule has 2 fully saturated rings. The molecule has 0 aromatic carbocycles. The molecule has 0 aromatic rings. The van der Waals surface area contributed by atoms with Crippen LogP contribution in [0.3, 0.4) is 0 Å². The second-order valence-corrected chi connectivity index (χ2v) is 6.16. The topological polar surface area (TPSA) is 52.6 Å². The fraction of sp³-hybridized carbons (Fsp3) is 0.846. The van der Waals surface area contributed by atoms with Gasteiger partial charge in [0.2, 0.25) is 0 Å². The van der Waals surface area contributed by atoms with Crippen molar-refractivity contribution < 1.29 is 19.1 Å². The number of carbonyl (C=O) groups is 2. The lowest BCUT2D eigenvalue weighted by Crippen LogP contribution is -2.44. The second kappa shape index (κ2) is 5.35. The van der Waals surface area contributed by atoms with Crippen molar-refractivity contribution in [3.8, 4) is 0 Å². The zero-order valence-electron chi connectivity index (χ0n) is 10.8. The van der Waals surface area contributed by atoms with E-state index >= 15 is 0 Å². The Hall–Kier alpha value is -0.330. The Morgan fingerprint density at radius 2 is 1.83 bits per heavy atom. The largest absolute Gasteiger partial charge is 0.468 e. The maximum Gasteiger partial charge on any atom is 0.323 e. The van der Waals surface area contributed by atoms with Crippen LogP contribution >= 0.6 is 22.6 Å². The quantitative estimate of drug-likeness (QED) is 0.333. The van der Waals surface area contributed by atoms with E-state index in [9.17, 15) is 9.59 Å². The van der Waals surface area contributed by atoms with Gasteiger partial charge < -0.3 is 9.47 Å². The molecule has 4 nitrogen and oxygen atoms in total. The van der Waals surface area contributed by atoms with Crippen LogP contribution in [0.15, 0.2) is 0 Å². The van der Waals surface area contributed by atoms with Crippen LogP contribution in [0.25, 0.3) is 0 Å². The minimum absolute atomic E-state index is 0.108. The smallest absolute Gasteiger partial charge is 0.323 e. The van der Waals surface area contributed by atoms with Gasteiger partial charge in [-0.25, -0.2) is 0 Å². The Bertz CT molecular complexity index is 339. The predicted molar refractivity (Wildman–Crippen MR) is 74.3 cm³/mol. The average Bonchev–Trinajstić information content (AvgIpc) is 2.97. The SMILES string of the molecule is COC(=O)C1(C(=O)OC)C[C@H](CI)[C@H]2CCC[C@H]21. The van der Waals surface area contributed by atoms with Gasteiger partial charge in [0.05, 0.1) is 14.2 Å². The first-order valence-electron chi connectivity index (χ1n) is 6.34. The lowest BCUT2D eigenvalue weighted by molar-refractivity contribution is -0.172. The van der Waals surface area contributed by atoms with Crippen molar-refractivity contribution in [3.05, 3.63) is 0 Å². The first-order chi connectivity index (χ1) is 8.61. The van der Waals surface area contributed by atoms with Crippen molar-refractivity contribution in [2.75, 3.05) is 18.6 Å². The number of ether oxygens (including phenoxy) is 2. The minimum atomic E-state index is -1.04. The Balaban J connectivity index is 2.40. The van der Waals surface area contributed by atoms with E-state index in [0.29, 0.717) is 18.3 Å². The number of hydrogen-bond donors (Lipinski definition) is 0. The fourth-order valence-electron chi connectivity index (χ4n) is 3.97. The molecule has 18 heavy (non-hydrogen) atoms. The molecule has 0 radical (unpaired) electrons. The van der Waals surface area contributed by atoms with E-state index < -0.39 is 17.4 Å². The van der Waals surface area contributed by atoms with Crippen LogP contribution in [-0.4, -0.2) is 30.6 Å². The maximum absolute atomic E-state index is 12.2. The molecule has 3 atom stereocenters. The molecule has 0 spiro atoms. The van der Waals surface area contributed by atoms with E-state index in [2.05, 4.69) is 22.6 Å². The summed E-state index contributed by atoms with van der Waals surface area (Å²) in [4.78, 5) is 24.4. The number of rotatable bonds is 3. The monoisotopic (exact) mass is 366 g/mol. The number of carbonyl (C=O) groups excluding carboxylic acids is 2. The van der Waals surface area contributed by atoms with Gasteiger partial charge in [0.15, 0.2) is 5.41 Å². The predicted octanol–water partition coefficient (Wildman–Crippen LogP) is 2.19. The number of hydrogen-bond acceptors (Lipinski definition) is 4. The highest BCUT2D eigenvalue weighted by Gasteiger charge is 2.64. The molecule has 0 aliphatic heterocycles. The second-order valence-electron chi connectivity index (χ2n) is 5.27. The first kappa shape index (κ1) is 14.1. The van der Waals surface area contributed by atoms with Crippen molar-refractivity contribution in [2.45, 2.75) is 25.7 Å². The van der Waals surface area contributed by atoms with Gasteiger partial charge in [0.25, 0.3) is 0 Å². The molecule has 2 aliphatic carbocycles. The molecule has 2 aliphatic rings. The molecule has 0 amide bonds. The van der Waals surface area contributed by atoms with E-state index in [1.54, 1.807) is 0 Å². The fourth-order valence-corrected chi connectivity index (χ4v) is 4.93. The highest BCUT2D eigenvalue weighted by Crippen LogP contribution is 2.59. The first-order valence-corrected chi connectivity index (χ1v) is 7.87. The number of halogens is 1. The third-order valence-electron chi connectivity index (χ3n) is 4.69. The Morgan fingerprint density at radius 1 is 1.22 bits per heavy atom. The van der Waals surface area contributed by atoms with Gasteiger partial charge in [-0.05, 0) is 37.0 Å². The normalized spacial score (nSPS) is 32.9. The summed E-state index contributed by atoms with van der Waals surface area (Å²) in [7, 11) is 2.71. The Labute approximate surface area is 121 Å². The number of esters is 2. The molecule has 5 heteroatoms. The van der Waals surface area contributed by atoms with E-state index in [1.807, 2.05) is 0 Å². The van der Waals surface area contributed by atoms with Crippen molar-refractivity contribution in [1.82, 2.24) is 0 Å². The molecule has 0 N–H and O–H groups in total. The molecular weight excluding hydrogens is 347 g/mol. The number of fused-ring (bicyclic) bond motifs is 1. The number of methoxy groups -OCH3 is 2. The van der Waals surface area contributed by atoms with Crippen LogP contribution in [0.4, 0.5) is 0 Å². The summed E-state index contributed by atoms with van der Waals surface area (Å²) in [5, 5.41) is 0. The van der Waals surface area contributed by atoms with E-state index in [1.165, 1.54) is 14.2 Å². The lowest BCUT2D eigenvalue weighted by Gasteiger charge is -2.29. The van der Waals surface area contributed by atoms with Crippen LogP contribution in [0.1, 0.15) is 25.7 Å². The minimum Gasteiger partial charge on any atom is -0.468 e. The van der Waals surface area contributed by atoms with Gasteiger partial charge in [-0.1, -0.05) is 29.0 Å². The molecule has 0 bridgehead atoms. The summed E-state index contributed by atoms with van der Waals surface area (Å²) in [6.45, 7) is 0. The van der Waals surface area contributed by atoms with Crippen molar-refractivity contribution in [2.24, 2.45) is 23.2 Å². The molecule has 0 saturated heterocycles. The standard InChI is InChI=1S/C13H19IO4/c1-17-11(15)13(12(16)18-2)6-8(7-14)9-4-3-5-10(9)13/h8-10H,3-7H2,1-2H3/t8-,9-,10-/m1/s1. The Kier molecular flexibility index (Phi) is 4.18.